The molecule has 2 rings (SSSR count). The van der Waals surface area contributed by atoms with Crippen LogP contribution >= 0.6 is 11.8 Å². The molecular weight excluding hydrogens is 232 g/mol. The monoisotopic (exact) mass is 248 g/mol. The summed E-state index contributed by atoms with van der Waals surface area (Å²) in [4.78, 5) is 4.35. The van der Waals surface area contributed by atoms with Crippen molar-refractivity contribution >= 4 is 17.4 Å². The van der Waals surface area contributed by atoms with E-state index in [1.807, 2.05) is 24.4 Å². The second-order valence-corrected chi connectivity index (χ2v) is 4.62. The van der Waals surface area contributed by atoms with Crippen LogP contribution in [-0.4, -0.2) is 11.5 Å². The number of anilines is 1. The summed E-state index contributed by atoms with van der Waals surface area (Å²) in [7, 11) is 0. The third-order valence-corrected chi connectivity index (χ3v) is 3.26. The van der Waals surface area contributed by atoms with Crippen molar-refractivity contribution < 1.29 is 4.42 Å². The lowest BCUT2D eigenvalue weighted by Crippen LogP contribution is -1.97. The summed E-state index contributed by atoms with van der Waals surface area (Å²) >= 11 is 1.81. The SMILES string of the molecule is CCNc1ccnc(CSCc2ccco2)c1. The smallest absolute Gasteiger partial charge is 0.113 e. The number of pyridine rings is 1. The van der Waals surface area contributed by atoms with Crippen molar-refractivity contribution in [1.82, 2.24) is 4.98 Å². The van der Waals surface area contributed by atoms with Crippen molar-refractivity contribution in [3.05, 3.63) is 48.2 Å². The van der Waals surface area contributed by atoms with Gasteiger partial charge in [-0.2, -0.15) is 0 Å². The van der Waals surface area contributed by atoms with E-state index < -0.39 is 0 Å². The predicted molar refractivity (Wildman–Crippen MR) is 72.1 cm³/mol. The van der Waals surface area contributed by atoms with Gasteiger partial charge in [-0.15, -0.1) is 11.8 Å². The quantitative estimate of drug-likeness (QED) is 0.848. The van der Waals surface area contributed by atoms with E-state index in [0.717, 1.165) is 35.2 Å². The van der Waals surface area contributed by atoms with E-state index in [-0.39, 0.29) is 0 Å². The summed E-state index contributed by atoms with van der Waals surface area (Å²) < 4.78 is 5.28. The van der Waals surface area contributed by atoms with Gasteiger partial charge in [-0.3, -0.25) is 4.98 Å². The zero-order valence-corrected chi connectivity index (χ0v) is 10.7. The van der Waals surface area contributed by atoms with Gasteiger partial charge in [-0.05, 0) is 31.2 Å². The number of rotatable bonds is 6. The number of thioether (sulfide) groups is 1. The Hall–Kier alpha value is -1.42. The van der Waals surface area contributed by atoms with Gasteiger partial charge in [0.1, 0.15) is 5.76 Å². The lowest BCUT2D eigenvalue weighted by Gasteiger charge is -2.05. The fourth-order valence-corrected chi connectivity index (χ4v) is 2.36. The minimum atomic E-state index is 0.889. The zero-order valence-electron chi connectivity index (χ0n) is 9.85. The summed E-state index contributed by atoms with van der Waals surface area (Å²) in [6.07, 6.45) is 3.56. The normalized spacial score (nSPS) is 10.4. The second kappa shape index (κ2) is 6.35. The number of nitrogens with one attached hydrogen (secondary N) is 1. The number of nitrogens with zero attached hydrogens (tertiary/aromatic N) is 1. The third kappa shape index (κ3) is 3.82. The van der Waals surface area contributed by atoms with Crippen LogP contribution in [0, 0.1) is 0 Å². The number of hydrogen-bond donors (Lipinski definition) is 1. The molecule has 90 valence electrons. The van der Waals surface area contributed by atoms with Gasteiger partial charge in [0, 0.05) is 24.2 Å². The maximum Gasteiger partial charge on any atom is 0.113 e. The van der Waals surface area contributed by atoms with Crippen LogP contribution in [0.4, 0.5) is 5.69 Å². The molecule has 0 aromatic carbocycles. The Kier molecular flexibility index (Phi) is 4.50. The van der Waals surface area contributed by atoms with E-state index in [2.05, 4.69) is 23.3 Å². The molecular formula is C13H16N2OS. The van der Waals surface area contributed by atoms with Gasteiger partial charge < -0.3 is 9.73 Å². The van der Waals surface area contributed by atoms with Gasteiger partial charge in [0.25, 0.3) is 0 Å². The first-order valence-corrected chi connectivity index (χ1v) is 6.83. The lowest BCUT2D eigenvalue weighted by atomic mass is 10.3. The van der Waals surface area contributed by atoms with Crippen LogP contribution in [0.15, 0.2) is 41.1 Å². The molecule has 3 nitrogen and oxygen atoms in total. The molecule has 2 aromatic heterocycles. The summed E-state index contributed by atoms with van der Waals surface area (Å²) in [5.74, 6) is 2.80. The van der Waals surface area contributed by atoms with Gasteiger partial charge >= 0.3 is 0 Å². The Morgan fingerprint density at radius 1 is 1.35 bits per heavy atom. The molecule has 0 spiro atoms. The molecule has 0 saturated carbocycles. The van der Waals surface area contributed by atoms with Gasteiger partial charge in [0.05, 0.1) is 17.7 Å². The first-order chi connectivity index (χ1) is 8.38. The summed E-state index contributed by atoms with van der Waals surface area (Å²) in [6, 6.07) is 8.00. The first-order valence-electron chi connectivity index (χ1n) is 5.67. The third-order valence-electron chi connectivity index (χ3n) is 2.27. The fourth-order valence-electron chi connectivity index (χ4n) is 1.52. The Morgan fingerprint density at radius 3 is 3.06 bits per heavy atom. The average Bonchev–Trinajstić information content (AvgIpc) is 2.83. The van der Waals surface area contributed by atoms with Crippen LogP contribution in [0.25, 0.3) is 0 Å². The molecule has 0 aliphatic heterocycles. The lowest BCUT2D eigenvalue weighted by molar-refractivity contribution is 0.530. The average molecular weight is 248 g/mol. The van der Waals surface area contributed by atoms with E-state index >= 15 is 0 Å². The Labute approximate surface area is 106 Å². The van der Waals surface area contributed by atoms with Crippen molar-refractivity contribution in [3.63, 3.8) is 0 Å². The molecule has 0 aliphatic rings. The van der Waals surface area contributed by atoms with Crippen LogP contribution in [0.3, 0.4) is 0 Å². The number of aromatic nitrogens is 1. The Morgan fingerprint density at radius 2 is 2.29 bits per heavy atom. The number of furan rings is 1. The van der Waals surface area contributed by atoms with Crippen LogP contribution in [0.5, 0.6) is 0 Å². The van der Waals surface area contributed by atoms with Gasteiger partial charge in [0.2, 0.25) is 0 Å². The largest absolute Gasteiger partial charge is 0.468 e. The molecule has 0 unspecified atom stereocenters. The maximum absolute atomic E-state index is 5.28. The predicted octanol–water partition coefficient (Wildman–Crippen LogP) is 3.54. The Balaban J connectivity index is 1.84. The molecule has 17 heavy (non-hydrogen) atoms. The highest BCUT2D eigenvalue weighted by atomic mass is 32.2. The molecule has 0 bridgehead atoms. The van der Waals surface area contributed by atoms with Crippen LogP contribution in [0.1, 0.15) is 18.4 Å². The highest BCUT2D eigenvalue weighted by Gasteiger charge is 1.99. The molecule has 0 radical (unpaired) electrons. The van der Waals surface area contributed by atoms with Crippen molar-refractivity contribution in [3.8, 4) is 0 Å². The Bertz CT molecular complexity index is 442. The molecule has 2 heterocycles. The minimum absolute atomic E-state index is 0.889. The summed E-state index contributed by atoms with van der Waals surface area (Å²) in [5, 5.41) is 3.28. The second-order valence-electron chi connectivity index (χ2n) is 3.64. The van der Waals surface area contributed by atoms with Crippen molar-refractivity contribution in [2.24, 2.45) is 0 Å². The standard InChI is InChI=1S/C13H16N2OS/c1-2-14-11-5-6-15-12(8-11)9-17-10-13-4-3-7-16-13/h3-8H,2,9-10H2,1H3,(H,14,15). The van der Waals surface area contributed by atoms with Gasteiger partial charge in [-0.25, -0.2) is 0 Å². The maximum atomic E-state index is 5.28. The molecule has 1 N–H and O–H groups in total. The van der Waals surface area contributed by atoms with Crippen LogP contribution < -0.4 is 5.32 Å². The van der Waals surface area contributed by atoms with Gasteiger partial charge in [-0.1, -0.05) is 0 Å². The van der Waals surface area contributed by atoms with E-state index in [9.17, 15) is 0 Å². The first kappa shape index (κ1) is 12.0. The summed E-state index contributed by atoms with van der Waals surface area (Å²) in [5.41, 5.74) is 2.23. The van der Waals surface area contributed by atoms with Gasteiger partial charge in [0.15, 0.2) is 0 Å². The topological polar surface area (TPSA) is 38.1 Å². The molecule has 0 aliphatic carbocycles. The zero-order chi connectivity index (χ0) is 11.9. The minimum Gasteiger partial charge on any atom is -0.468 e. The molecule has 0 amide bonds. The van der Waals surface area contributed by atoms with Crippen molar-refractivity contribution in [1.29, 1.82) is 0 Å². The molecule has 4 heteroatoms. The molecule has 0 saturated heterocycles. The van der Waals surface area contributed by atoms with Crippen molar-refractivity contribution in [2.45, 2.75) is 18.4 Å². The van der Waals surface area contributed by atoms with Crippen LogP contribution in [-0.2, 0) is 11.5 Å². The fraction of sp³-hybridized carbons (Fsp3) is 0.308. The number of hydrogen-bond acceptors (Lipinski definition) is 4. The van der Waals surface area contributed by atoms with Crippen molar-refractivity contribution in [2.75, 3.05) is 11.9 Å². The molecule has 0 atom stereocenters. The molecule has 0 fully saturated rings. The van der Waals surface area contributed by atoms with E-state index in [4.69, 9.17) is 4.42 Å². The highest BCUT2D eigenvalue weighted by molar-refractivity contribution is 7.97. The summed E-state index contributed by atoms with van der Waals surface area (Å²) in [6.45, 7) is 3.02. The van der Waals surface area contributed by atoms with E-state index in [1.165, 1.54) is 0 Å². The highest BCUT2D eigenvalue weighted by Crippen LogP contribution is 2.18. The molecule has 2 aromatic rings. The van der Waals surface area contributed by atoms with E-state index in [0.29, 0.717) is 0 Å². The van der Waals surface area contributed by atoms with E-state index in [1.54, 1.807) is 18.0 Å². The van der Waals surface area contributed by atoms with Crippen LogP contribution in [0.2, 0.25) is 0 Å².